The quantitative estimate of drug-likeness (QED) is 0.163. The van der Waals surface area contributed by atoms with E-state index in [0.717, 1.165) is 50.8 Å². The van der Waals surface area contributed by atoms with Crippen molar-refractivity contribution in [1.29, 1.82) is 0 Å². The summed E-state index contributed by atoms with van der Waals surface area (Å²) in [6.45, 7) is -0.0540. The molecule has 13 aromatic rings. The fraction of sp³-hybridized carbons (Fsp3) is 0. The van der Waals surface area contributed by atoms with Gasteiger partial charge in [-0.15, -0.1) is 22.7 Å². The van der Waals surface area contributed by atoms with Gasteiger partial charge in [-0.1, -0.05) is 115 Å². The smallest absolute Gasteiger partial charge is 0.260 e. The molecule has 7 heteroatoms. The highest BCUT2D eigenvalue weighted by Gasteiger charge is 2.40. The zero-order valence-electron chi connectivity index (χ0n) is 32.3. The van der Waals surface area contributed by atoms with Gasteiger partial charge in [-0.3, -0.25) is 0 Å². The Balaban J connectivity index is 0.933. The van der Waals surface area contributed by atoms with Crippen LogP contribution in [0.2, 0.25) is 0 Å². The van der Waals surface area contributed by atoms with Gasteiger partial charge in [0.25, 0.3) is 6.71 Å². The molecule has 282 valence electrons. The average molecular weight is 813 g/mol. The fourth-order valence-corrected chi connectivity index (χ4v) is 13.2. The van der Waals surface area contributed by atoms with Gasteiger partial charge in [0.1, 0.15) is 23.0 Å². The van der Waals surface area contributed by atoms with E-state index in [0.29, 0.717) is 0 Å². The molecule has 0 bridgehead atoms. The Bertz CT molecular complexity index is 3840. The van der Waals surface area contributed by atoms with E-state index in [1.54, 1.807) is 0 Å². The summed E-state index contributed by atoms with van der Waals surface area (Å²) in [4.78, 5) is 0. The Morgan fingerprint density at radius 1 is 0.361 bits per heavy atom. The maximum Gasteiger partial charge on any atom is 0.260 e. The van der Waals surface area contributed by atoms with Crippen LogP contribution in [0.5, 0.6) is 23.0 Å². The van der Waals surface area contributed by atoms with Crippen LogP contribution in [0.15, 0.2) is 176 Å². The number of hydrogen-bond donors (Lipinski definition) is 0. The highest BCUT2D eigenvalue weighted by Crippen LogP contribution is 2.46. The summed E-state index contributed by atoms with van der Waals surface area (Å²) >= 11 is 3.75. The summed E-state index contributed by atoms with van der Waals surface area (Å²) in [5.74, 6) is 3.41. The molecule has 15 rings (SSSR count). The van der Waals surface area contributed by atoms with Crippen molar-refractivity contribution in [1.82, 2.24) is 9.13 Å². The van der Waals surface area contributed by atoms with Crippen LogP contribution in [0, 0.1) is 0 Å². The van der Waals surface area contributed by atoms with Gasteiger partial charge >= 0.3 is 0 Å². The Morgan fingerprint density at radius 3 is 1.31 bits per heavy atom. The SMILES string of the molecule is c1cc2c3c(c1)Oc1cc(-n4c5ccccc5c5ccc6c7ccccc7sc6c54)ccc1B3c1ccc(-n3c4ccccc4c4ccc5c6ccccc6sc5c43)cc1O2. The van der Waals surface area contributed by atoms with Gasteiger partial charge in [0.2, 0.25) is 0 Å². The third-order valence-corrected chi connectivity index (χ3v) is 15.6. The topological polar surface area (TPSA) is 28.3 Å². The van der Waals surface area contributed by atoms with Gasteiger partial charge in [-0.25, -0.2) is 0 Å². The van der Waals surface area contributed by atoms with Gasteiger partial charge in [0, 0.05) is 81.5 Å². The lowest BCUT2D eigenvalue weighted by molar-refractivity contribution is 0.464. The normalized spacial score (nSPS) is 13.1. The van der Waals surface area contributed by atoms with E-state index in [4.69, 9.17) is 9.47 Å². The highest BCUT2D eigenvalue weighted by molar-refractivity contribution is 7.27. The molecule has 4 nitrogen and oxygen atoms in total. The molecule has 0 radical (unpaired) electrons. The first-order valence-electron chi connectivity index (χ1n) is 20.7. The van der Waals surface area contributed by atoms with Crippen LogP contribution in [-0.2, 0) is 0 Å². The van der Waals surface area contributed by atoms with Gasteiger partial charge in [0.05, 0.1) is 31.5 Å². The monoisotopic (exact) mass is 812 g/mol. The summed E-state index contributed by atoms with van der Waals surface area (Å²) in [6.07, 6.45) is 0. The number of rotatable bonds is 2. The Morgan fingerprint density at radius 2 is 0.803 bits per heavy atom. The standard InChI is InChI=1S/C54H29BN2O2S2/c1-5-14-42-32(10-1)36-22-24-38-34-12-3-7-18-48(34)60-53(38)51(36)56(42)30-20-26-40-46(28-30)58-44-16-9-17-45-50(44)55(40)41-27-21-31(29-47(41)59-45)57-43-15-6-2-11-33(43)37-23-25-39-35-13-4-8-19-49(35)61-54(39)52(37)57/h1-29H. The van der Waals surface area contributed by atoms with E-state index in [1.165, 1.54) is 84.0 Å². The van der Waals surface area contributed by atoms with Crippen LogP contribution in [0.3, 0.4) is 0 Å². The maximum atomic E-state index is 6.89. The molecule has 0 fully saturated rings. The Labute approximate surface area is 356 Å². The zero-order chi connectivity index (χ0) is 39.5. The molecule has 4 aromatic heterocycles. The minimum absolute atomic E-state index is 0.0540. The molecular formula is C54H29BN2O2S2. The third-order valence-electron chi connectivity index (χ3n) is 13.2. The maximum absolute atomic E-state index is 6.89. The minimum Gasteiger partial charge on any atom is -0.458 e. The Kier molecular flexibility index (Phi) is 6.24. The van der Waals surface area contributed by atoms with E-state index in [2.05, 4.69) is 179 Å². The summed E-state index contributed by atoms with van der Waals surface area (Å²) in [5.41, 5.74) is 10.4. The summed E-state index contributed by atoms with van der Waals surface area (Å²) in [6, 6.07) is 64.1. The molecule has 2 aliphatic rings. The number of fused-ring (bicyclic) bond motifs is 18. The summed E-state index contributed by atoms with van der Waals surface area (Å²) in [7, 11) is 0. The molecule has 0 atom stereocenters. The van der Waals surface area contributed by atoms with Gasteiger partial charge < -0.3 is 18.6 Å². The second-order valence-corrected chi connectivity index (χ2v) is 18.4. The first-order chi connectivity index (χ1) is 30.2. The number of benzene rings is 9. The Hall–Kier alpha value is -7.32. The summed E-state index contributed by atoms with van der Waals surface area (Å²) < 4.78 is 23.9. The van der Waals surface area contributed by atoms with E-state index >= 15 is 0 Å². The van der Waals surface area contributed by atoms with Crippen molar-refractivity contribution in [3.05, 3.63) is 176 Å². The number of ether oxygens (including phenoxy) is 2. The van der Waals surface area contributed by atoms with Crippen molar-refractivity contribution >= 4 is 130 Å². The molecule has 0 amide bonds. The lowest BCUT2D eigenvalue weighted by Gasteiger charge is -2.33. The van der Waals surface area contributed by atoms with E-state index < -0.39 is 0 Å². The van der Waals surface area contributed by atoms with Crippen LogP contribution >= 0.6 is 22.7 Å². The minimum atomic E-state index is -0.0540. The second-order valence-electron chi connectivity index (χ2n) is 16.3. The molecule has 6 heterocycles. The van der Waals surface area contributed by atoms with Crippen molar-refractivity contribution in [2.75, 3.05) is 0 Å². The predicted molar refractivity (Wildman–Crippen MR) is 259 cm³/mol. The van der Waals surface area contributed by atoms with Crippen molar-refractivity contribution in [2.45, 2.75) is 0 Å². The summed E-state index contributed by atoms with van der Waals surface area (Å²) in [5, 5.41) is 10.2. The van der Waals surface area contributed by atoms with Gasteiger partial charge in [-0.05, 0) is 59.5 Å². The number of para-hydroxylation sites is 2. The van der Waals surface area contributed by atoms with Crippen molar-refractivity contribution < 1.29 is 9.47 Å². The number of aromatic nitrogens is 2. The average Bonchev–Trinajstić information content (AvgIpc) is 4.06. The molecule has 2 aliphatic heterocycles. The molecule has 0 saturated carbocycles. The lowest BCUT2D eigenvalue weighted by atomic mass is 9.35. The molecule has 0 saturated heterocycles. The largest absolute Gasteiger partial charge is 0.458 e. The van der Waals surface area contributed by atoms with Gasteiger partial charge in [0.15, 0.2) is 0 Å². The molecule has 9 aromatic carbocycles. The molecule has 0 aliphatic carbocycles. The van der Waals surface area contributed by atoms with Crippen molar-refractivity contribution in [3.63, 3.8) is 0 Å². The van der Waals surface area contributed by atoms with Crippen LogP contribution in [0.25, 0.3) is 95.3 Å². The van der Waals surface area contributed by atoms with E-state index in [-0.39, 0.29) is 6.71 Å². The highest BCUT2D eigenvalue weighted by atomic mass is 32.1. The van der Waals surface area contributed by atoms with Crippen molar-refractivity contribution in [2.24, 2.45) is 0 Å². The second kappa shape index (κ2) is 11.7. The van der Waals surface area contributed by atoms with Gasteiger partial charge in [-0.2, -0.15) is 0 Å². The number of nitrogens with zero attached hydrogens (tertiary/aromatic N) is 2. The molecule has 61 heavy (non-hydrogen) atoms. The van der Waals surface area contributed by atoms with Crippen LogP contribution in [0.4, 0.5) is 0 Å². The zero-order valence-corrected chi connectivity index (χ0v) is 34.0. The number of thiophene rings is 2. The molecule has 0 spiro atoms. The molecule has 0 unspecified atom stereocenters. The fourth-order valence-electron chi connectivity index (χ4n) is 10.7. The van der Waals surface area contributed by atoms with Crippen LogP contribution in [0.1, 0.15) is 0 Å². The first kappa shape index (κ1) is 32.5. The third kappa shape index (κ3) is 4.24. The first-order valence-corrected chi connectivity index (χ1v) is 22.3. The predicted octanol–water partition coefficient (Wildman–Crippen LogP) is 13.3. The van der Waals surface area contributed by atoms with Crippen molar-refractivity contribution in [3.8, 4) is 34.4 Å². The van der Waals surface area contributed by atoms with Crippen LogP contribution in [-0.4, -0.2) is 15.8 Å². The number of hydrogen-bond acceptors (Lipinski definition) is 4. The van der Waals surface area contributed by atoms with E-state index in [9.17, 15) is 0 Å². The molecule has 0 N–H and O–H groups in total. The van der Waals surface area contributed by atoms with Crippen LogP contribution < -0.4 is 25.9 Å². The molecular weight excluding hydrogens is 784 g/mol. The van der Waals surface area contributed by atoms with E-state index in [1.807, 2.05) is 28.7 Å². The lowest BCUT2D eigenvalue weighted by Crippen LogP contribution is -2.57.